The number of carbonyl (C=O) groups excluding carboxylic acids is 2. The van der Waals surface area contributed by atoms with Gasteiger partial charge in [-0.15, -0.1) is 11.3 Å². The minimum Gasteiger partial charge on any atom is -0.383 e. The van der Waals surface area contributed by atoms with Crippen molar-refractivity contribution in [1.29, 1.82) is 0 Å². The molecule has 0 unspecified atom stereocenters. The molecule has 5 heteroatoms. The Morgan fingerprint density at radius 1 is 1.09 bits per heavy atom. The summed E-state index contributed by atoms with van der Waals surface area (Å²) >= 11 is 1.22. The van der Waals surface area contributed by atoms with Gasteiger partial charge >= 0.3 is 0 Å². The van der Waals surface area contributed by atoms with Gasteiger partial charge in [-0.2, -0.15) is 0 Å². The fourth-order valence-electron chi connectivity index (χ4n) is 1.94. The molecule has 1 heterocycles. The summed E-state index contributed by atoms with van der Waals surface area (Å²) in [5.74, 6) is -0.228. The lowest BCUT2D eigenvalue weighted by molar-refractivity contribution is 0.0957. The Hall–Kier alpha value is -2.40. The number of nitrogens with zero attached hydrogens (tertiary/aromatic N) is 1. The molecule has 0 fully saturated rings. The summed E-state index contributed by atoms with van der Waals surface area (Å²) in [4.78, 5) is 27.0. The molecule has 1 aromatic heterocycles. The Morgan fingerprint density at radius 3 is 2.48 bits per heavy atom. The first kappa shape index (κ1) is 17.0. The SMILES string of the molecule is CN(C)C=CC(=O)c1ccc(C(=O)NCCc2ccccc2)s1. The molecule has 2 rings (SSSR count). The standard InChI is InChI=1S/C18H20N2O2S/c1-20(2)13-11-15(21)16-8-9-17(23-16)18(22)19-12-10-14-6-4-3-5-7-14/h3-9,11,13H,10,12H2,1-2H3,(H,19,22). The molecule has 0 saturated carbocycles. The molecule has 120 valence electrons. The number of benzene rings is 1. The third-order valence-electron chi connectivity index (χ3n) is 3.14. The van der Waals surface area contributed by atoms with Crippen molar-refractivity contribution in [2.24, 2.45) is 0 Å². The fourth-order valence-corrected chi connectivity index (χ4v) is 2.79. The summed E-state index contributed by atoms with van der Waals surface area (Å²) in [6.07, 6.45) is 3.99. The topological polar surface area (TPSA) is 49.4 Å². The second-order valence-electron chi connectivity index (χ2n) is 5.30. The highest BCUT2D eigenvalue weighted by Gasteiger charge is 2.12. The number of amides is 1. The molecule has 0 saturated heterocycles. The van der Waals surface area contributed by atoms with Gasteiger partial charge in [0.25, 0.3) is 5.91 Å². The van der Waals surface area contributed by atoms with Crippen molar-refractivity contribution in [3.8, 4) is 0 Å². The Bertz CT molecular complexity index is 690. The van der Waals surface area contributed by atoms with E-state index in [1.54, 1.807) is 23.2 Å². The van der Waals surface area contributed by atoms with E-state index in [9.17, 15) is 9.59 Å². The van der Waals surface area contributed by atoms with Gasteiger partial charge in [0.1, 0.15) is 0 Å². The van der Waals surface area contributed by atoms with E-state index in [1.807, 2.05) is 44.4 Å². The first-order valence-electron chi connectivity index (χ1n) is 7.37. The number of allylic oxidation sites excluding steroid dienone is 1. The summed E-state index contributed by atoms with van der Waals surface area (Å²) in [5, 5.41) is 2.88. The quantitative estimate of drug-likeness (QED) is 0.628. The predicted molar refractivity (Wildman–Crippen MR) is 94.0 cm³/mol. The van der Waals surface area contributed by atoms with E-state index in [-0.39, 0.29) is 11.7 Å². The van der Waals surface area contributed by atoms with Crippen LogP contribution >= 0.6 is 11.3 Å². The highest BCUT2D eigenvalue weighted by atomic mass is 32.1. The van der Waals surface area contributed by atoms with Crippen LogP contribution in [-0.2, 0) is 6.42 Å². The molecule has 0 radical (unpaired) electrons. The monoisotopic (exact) mass is 328 g/mol. The van der Waals surface area contributed by atoms with Crippen molar-refractivity contribution in [1.82, 2.24) is 10.2 Å². The number of rotatable bonds is 7. The van der Waals surface area contributed by atoms with Crippen LogP contribution in [0.1, 0.15) is 24.9 Å². The summed E-state index contributed by atoms with van der Waals surface area (Å²) in [5.41, 5.74) is 1.18. The lowest BCUT2D eigenvalue weighted by atomic mass is 10.1. The maximum absolute atomic E-state index is 12.1. The molecule has 4 nitrogen and oxygen atoms in total. The van der Waals surface area contributed by atoms with E-state index in [0.29, 0.717) is 16.3 Å². The van der Waals surface area contributed by atoms with Crippen LogP contribution in [0.25, 0.3) is 0 Å². The maximum Gasteiger partial charge on any atom is 0.261 e. The number of nitrogens with one attached hydrogen (secondary N) is 1. The third-order valence-corrected chi connectivity index (χ3v) is 4.24. The van der Waals surface area contributed by atoms with Gasteiger partial charge in [0.2, 0.25) is 0 Å². The van der Waals surface area contributed by atoms with Crippen LogP contribution in [0.15, 0.2) is 54.7 Å². The van der Waals surface area contributed by atoms with Gasteiger partial charge in [0, 0.05) is 32.9 Å². The Kier molecular flexibility index (Phi) is 6.11. The molecule has 0 aliphatic heterocycles. The number of ketones is 1. The van der Waals surface area contributed by atoms with Crippen molar-refractivity contribution in [2.75, 3.05) is 20.6 Å². The lowest BCUT2D eigenvalue weighted by Gasteiger charge is -2.03. The molecular weight excluding hydrogens is 308 g/mol. The largest absolute Gasteiger partial charge is 0.383 e. The van der Waals surface area contributed by atoms with Gasteiger partial charge in [-0.25, -0.2) is 0 Å². The van der Waals surface area contributed by atoms with Crippen LogP contribution in [0.3, 0.4) is 0 Å². The van der Waals surface area contributed by atoms with E-state index in [2.05, 4.69) is 5.32 Å². The third kappa shape index (κ3) is 5.38. The minimum atomic E-state index is -0.137. The summed E-state index contributed by atoms with van der Waals surface area (Å²) in [7, 11) is 3.70. The van der Waals surface area contributed by atoms with E-state index in [1.165, 1.54) is 23.0 Å². The number of thiophene rings is 1. The Labute approximate surface area is 140 Å². The van der Waals surface area contributed by atoms with Crippen molar-refractivity contribution in [3.05, 3.63) is 70.1 Å². The van der Waals surface area contributed by atoms with Gasteiger partial charge in [-0.1, -0.05) is 30.3 Å². The molecule has 0 aliphatic carbocycles. The molecule has 0 aliphatic rings. The number of hydrogen-bond acceptors (Lipinski definition) is 4. The molecule has 0 spiro atoms. The van der Waals surface area contributed by atoms with Crippen molar-refractivity contribution < 1.29 is 9.59 Å². The highest BCUT2D eigenvalue weighted by molar-refractivity contribution is 7.16. The zero-order chi connectivity index (χ0) is 16.7. The highest BCUT2D eigenvalue weighted by Crippen LogP contribution is 2.17. The van der Waals surface area contributed by atoms with Gasteiger partial charge in [-0.3, -0.25) is 9.59 Å². The predicted octanol–water partition coefficient (Wildman–Crippen LogP) is 2.98. The second-order valence-corrected chi connectivity index (χ2v) is 6.38. The summed E-state index contributed by atoms with van der Waals surface area (Å²) in [6.45, 7) is 0.574. The van der Waals surface area contributed by atoms with Crippen LogP contribution in [-0.4, -0.2) is 37.2 Å². The molecule has 1 amide bonds. The van der Waals surface area contributed by atoms with E-state index in [4.69, 9.17) is 0 Å². The average molecular weight is 328 g/mol. The fraction of sp³-hybridized carbons (Fsp3) is 0.222. The Balaban J connectivity index is 1.87. The molecule has 1 aromatic carbocycles. The van der Waals surface area contributed by atoms with E-state index < -0.39 is 0 Å². The zero-order valence-electron chi connectivity index (χ0n) is 13.3. The van der Waals surface area contributed by atoms with Gasteiger partial charge in [0.15, 0.2) is 5.78 Å². The first-order chi connectivity index (χ1) is 11.1. The van der Waals surface area contributed by atoms with Crippen LogP contribution in [0, 0.1) is 0 Å². The van der Waals surface area contributed by atoms with Crippen molar-refractivity contribution >= 4 is 23.0 Å². The minimum absolute atomic E-state index is 0.0907. The Morgan fingerprint density at radius 2 is 1.78 bits per heavy atom. The average Bonchev–Trinajstić information content (AvgIpc) is 3.03. The number of hydrogen-bond donors (Lipinski definition) is 1. The molecule has 1 N–H and O–H groups in total. The zero-order valence-corrected chi connectivity index (χ0v) is 14.1. The van der Waals surface area contributed by atoms with Crippen molar-refractivity contribution in [2.45, 2.75) is 6.42 Å². The molecular formula is C18H20N2O2S. The van der Waals surface area contributed by atoms with Crippen LogP contribution in [0.5, 0.6) is 0 Å². The van der Waals surface area contributed by atoms with Crippen molar-refractivity contribution in [3.63, 3.8) is 0 Å². The molecule has 0 bridgehead atoms. The molecule has 2 aromatic rings. The second kappa shape index (κ2) is 8.29. The van der Waals surface area contributed by atoms with Crippen LogP contribution in [0.4, 0.5) is 0 Å². The number of carbonyl (C=O) groups is 2. The first-order valence-corrected chi connectivity index (χ1v) is 8.19. The van der Waals surface area contributed by atoms with Gasteiger partial charge in [-0.05, 0) is 24.1 Å². The van der Waals surface area contributed by atoms with Crippen LogP contribution in [0.2, 0.25) is 0 Å². The van der Waals surface area contributed by atoms with E-state index >= 15 is 0 Å². The maximum atomic E-state index is 12.1. The van der Waals surface area contributed by atoms with E-state index in [0.717, 1.165) is 6.42 Å². The normalized spacial score (nSPS) is 10.7. The summed E-state index contributed by atoms with van der Waals surface area (Å²) in [6, 6.07) is 13.4. The molecule has 23 heavy (non-hydrogen) atoms. The smallest absolute Gasteiger partial charge is 0.261 e. The lowest BCUT2D eigenvalue weighted by Crippen LogP contribution is -2.24. The van der Waals surface area contributed by atoms with Crippen LogP contribution < -0.4 is 5.32 Å². The van der Waals surface area contributed by atoms with Gasteiger partial charge in [0.05, 0.1) is 9.75 Å². The summed E-state index contributed by atoms with van der Waals surface area (Å²) < 4.78 is 0. The van der Waals surface area contributed by atoms with Gasteiger partial charge < -0.3 is 10.2 Å². The molecule has 0 atom stereocenters.